The second-order valence-corrected chi connectivity index (χ2v) is 5.55. The Balaban J connectivity index is 1.82. The molecule has 25 heavy (non-hydrogen) atoms. The molecular weight excluding hydrogens is 325 g/mol. The van der Waals surface area contributed by atoms with E-state index < -0.39 is 12.0 Å². The van der Waals surface area contributed by atoms with Crippen LogP contribution in [0.25, 0.3) is 11.3 Å². The van der Waals surface area contributed by atoms with Crippen molar-refractivity contribution in [3.05, 3.63) is 71.5 Å². The summed E-state index contributed by atoms with van der Waals surface area (Å²) < 4.78 is 18.2. The number of aromatic nitrogens is 2. The Morgan fingerprint density at radius 1 is 1.32 bits per heavy atom. The maximum Gasteiger partial charge on any atom is 0.341 e. The molecule has 1 aromatic carbocycles. The lowest BCUT2D eigenvalue weighted by atomic mass is 10.0. The number of hydrogen-bond acceptors (Lipinski definition) is 5. The van der Waals surface area contributed by atoms with Crippen molar-refractivity contribution in [2.24, 2.45) is 0 Å². The second-order valence-electron chi connectivity index (χ2n) is 5.55. The van der Waals surface area contributed by atoms with Crippen LogP contribution in [0.4, 0.5) is 4.39 Å². The van der Waals surface area contributed by atoms with Gasteiger partial charge in [0.15, 0.2) is 5.76 Å². The SMILES string of the molecule is CC(NCc1ccc(F)cc1)c1onc(-c2cccnc2)c1C(=O)O. The second kappa shape index (κ2) is 7.23. The summed E-state index contributed by atoms with van der Waals surface area (Å²) in [5.74, 6) is -1.19. The Hall–Kier alpha value is -3.06. The molecule has 2 heterocycles. The van der Waals surface area contributed by atoms with E-state index in [4.69, 9.17) is 4.52 Å². The summed E-state index contributed by atoms with van der Waals surface area (Å²) in [6.07, 6.45) is 3.13. The van der Waals surface area contributed by atoms with Crippen molar-refractivity contribution in [2.75, 3.05) is 0 Å². The Morgan fingerprint density at radius 3 is 2.72 bits per heavy atom. The van der Waals surface area contributed by atoms with Gasteiger partial charge in [0.05, 0.1) is 6.04 Å². The third-order valence-corrected chi connectivity index (χ3v) is 3.79. The molecule has 0 fully saturated rings. The number of nitrogens with one attached hydrogen (secondary N) is 1. The number of aromatic carboxylic acids is 1. The zero-order chi connectivity index (χ0) is 17.8. The van der Waals surface area contributed by atoms with Crippen LogP contribution in [0.1, 0.15) is 34.6 Å². The molecule has 0 saturated carbocycles. The topological polar surface area (TPSA) is 88.3 Å². The molecule has 0 radical (unpaired) electrons. The lowest BCUT2D eigenvalue weighted by Gasteiger charge is -2.11. The molecule has 0 aliphatic carbocycles. The highest BCUT2D eigenvalue weighted by atomic mass is 19.1. The van der Waals surface area contributed by atoms with Gasteiger partial charge in [0, 0.05) is 24.5 Å². The van der Waals surface area contributed by atoms with Crippen molar-refractivity contribution in [3.8, 4) is 11.3 Å². The molecule has 128 valence electrons. The number of carboxylic acid groups (broad SMARTS) is 1. The average Bonchev–Trinajstić information content (AvgIpc) is 3.07. The number of carboxylic acids is 1. The minimum Gasteiger partial charge on any atom is -0.477 e. The Kier molecular flexibility index (Phi) is 4.85. The smallest absolute Gasteiger partial charge is 0.341 e. The fourth-order valence-corrected chi connectivity index (χ4v) is 2.47. The quantitative estimate of drug-likeness (QED) is 0.714. The van der Waals surface area contributed by atoms with Crippen molar-refractivity contribution < 1.29 is 18.8 Å². The van der Waals surface area contributed by atoms with Gasteiger partial charge < -0.3 is 14.9 Å². The van der Waals surface area contributed by atoms with Gasteiger partial charge in [-0.1, -0.05) is 17.3 Å². The van der Waals surface area contributed by atoms with Crippen LogP contribution in [0.5, 0.6) is 0 Å². The molecule has 0 aliphatic heterocycles. The van der Waals surface area contributed by atoms with Crippen molar-refractivity contribution in [1.29, 1.82) is 0 Å². The van der Waals surface area contributed by atoms with Gasteiger partial charge in [0.2, 0.25) is 0 Å². The van der Waals surface area contributed by atoms with Crippen LogP contribution in [0.15, 0.2) is 53.3 Å². The van der Waals surface area contributed by atoms with Gasteiger partial charge in [-0.3, -0.25) is 4.98 Å². The van der Waals surface area contributed by atoms with Crippen molar-refractivity contribution >= 4 is 5.97 Å². The minimum atomic E-state index is -1.12. The van der Waals surface area contributed by atoms with E-state index in [0.29, 0.717) is 12.1 Å². The van der Waals surface area contributed by atoms with E-state index in [1.54, 1.807) is 37.4 Å². The lowest BCUT2D eigenvalue weighted by Crippen LogP contribution is -2.19. The van der Waals surface area contributed by atoms with E-state index in [1.165, 1.54) is 18.3 Å². The molecule has 0 spiro atoms. The molecule has 1 unspecified atom stereocenters. The third kappa shape index (κ3) is 3.72. The van der Waals surface area contributed by atoms with Gasteiger partial charge >= 0.3 is 5.97 Å². The molecule has 6 nitrogen and oxygen atoms in total. The lowest BCUT2D eigenvalue weighted by molar-refractivity contribution is 0.0694. The van der Waals surface area contributed by atoms with E-state index >= 15 is 0 Å². The standard InChI is InChI=1S/C18H16FN3O3/c1-11(21-9-12-4-6-14(19)7-5-12)17-15(18(23)24)16(22-25-17)13-3-2-8-20-10-13/h2-8,10-11,21H,9H2,1H3,(H,23,24). The molecule has 2 aromatic heterocycles. The monoisotopic (exact) mass is 341 g/mol. The van der Waals surface area contributed by atoms with Gasteiger partial charge in [-0.2, -0.15) is 0 Å². The zero-order valence-electron chi connectivity index (χ0n) is 13.4. The summed E-state index contributed by atoms with van der Waals surface area (Å²) in [6, 6.07) is 9.10. The molecular formula is C18H16FN3O3. The summed E-state index contributed by atoms with van der Waals surface area (Å²) >= 11 is 0. The summed E-state index contributed by atoms with van der Waals surface area (Å²) in [6.45, 7) is 2.22. The molecule has 7 heteroatoms. The molecule has 2 N–H and O–H groups in total. The number of nitrogens with zero attached hydrogens (tertiary/aromatic N) is 2. The average molecular weight is 341 g/mol. The Bertz CT molecular complexity index is 863. The highest BCUT2D eigenvalue weighted by molar-refractivity contribution is 5.95. The maximum absolute atomic E-state index is 12.9. The number of carbonyl (C=O) groups is 1. The predicted octanol–water partition coefficient (Wildman–Crippen LogP) is 3.42. The van der Waals surface area contributed by atoms with Crippen molar-refractivity contribution in [3.63, 3.8) is 0 Å². The Labute approximate surface area is 143 Å². The molecule has 0 saturated heterocycles. The van der Waals surface area contributed by atoms with Crippen LogP contribution in [-0.2, 0) is 6.54 Å². The third-order valence-electron chi connectivity index (χ3n) is 3.79. The van der Waals surface area contributed by atoms with Gasteiger partial charge in [-0.25, -0.2) is 9.18 Å². The molecule has 1 atom stereocenters. The van der Waals surface area contributed by atoms with E-state index in [0.717, 1.165) is 5.56 Å². The Morgan fingerprint density at radius 2 is 2.08 bits per heavy atom. The van der Waals surface area contributed by atoms with Crippen LogP contribution in [-0.4, -0.2) is 21.2 Å². The first-order valence-electron chi connectivity index (χ1n) is 7.67. The predicted molar refractivity (Wildman–Crippen MR) is 88.3 cm³/mol. The van der Waals surface area contributed by atoms with Gasteiger partial charge in [0.1, 0.15) is 17.1 Å². The molecule has 0 bridgehead atoms. The summed E-state index contributed by atoms with van der Waals surface area (Å²) in [7, 11) is 0. The van der Waals surface area contributed by atoms with Gasteiger partial charge in [0.25, 0.3) is 0 Å². The van der Waals surface area contributed by atoms with E-state index in [9.17, 15) is 14.3 Å². The van der Waals surface area contributed by atoms with Crippen LogP contribution in [0.2, 0.25) is 0 Å². The fraction of sp³-hybridized carbons (Fsp3) is 0.167. The number of rotatable bonds is 6. The highest BCUT2D eigenvalue weighted by Crippen LogP contribution is 2.28. The van der Waals surface area contributed by atoms with Crippen LogP contribution in [0, 0.1) is 5.82 Å². The van der Waals surface area contributed by atoms with Crippen molar-refractivity contribution in [2.45, 2.75) is 19.5 Å². The number of benzene rings is 1. The summed E-state index contributed by atoms with van der Waals surface area (Å²) in [4.78, 5) is 15.7. The molecule has 0 amide bonds. The van der Waals surface area contributed by atoms with Crippen LogP contribution < -0.4 is 5.32 Å². The first-order chi connectivity index (χ1) is 12.1. The number of hydrogen-bond donors (Lipinski definition) is 2. The van der Waals surface area contributed by atoms with Crippen molar-refractivity contribution in [1.82, 2.24) is 15.5 Å². The van der Waals surface area contributed by atoms with Gasteiger partial charge in [-0.15, -0.1) is 0 Å². The van der Waals surface area contributed by atoms with Gasteiger partial charge in [-0.05, 0) is 36.8 Å². The van der Waals surface area contributed by atoms with Crippen LogP contribution in [0.3, 0.4) is 0 Å². The maximum atomic E-state index is 12.9. The fourth-order valence-electron chi connectivity index (χ4n) is 2.47. The number of halogens is 1. The number of pyridine rings is 1. The first-order valence-corrected chi connectivity index (χ1v) is 7.67. The van der Waals surface area contributed by atoms with E-state index in [2.05, 4.69) is 15.5 Å². The molecule has 3 aromatic rings. The van der Waals surface area contributed by atoms with E-state index in [1.807, 2.05) is 0 Å². The zero-order valence-corrected chi connectivity index (χ0v) is 13.4. The molecule has 3 rings (SSSR count). The molecule has 0 aliphatic rings. The minimum absolute atomic E-state index is 0.00658. The first kappa shape index (κ1) is 16.8. The van der Waals surface area contributed by atoms with E-state index in [-0.39, 0.29) is 22.8 Å². The summed E-state index contributed by atoms with van der Waals surface area (Å²) in [5.41, 5.74) is 1.69. The normalized spacial score (nSPS) is 12.1. The largest absolute Gasteiger partial charge is 0.477 e. The summed E-state index contributed by atoms with van der Waals surface area (Å²) in [5, 5.41) is 16.6. The highest BCUT2D eigenvalue weighted by Gasteiger charge is 2.27. The van der Waals surface area contributed by atoms with Crippen LogP contribution >= 0.6 is 0 Å².